The molecule has 1 N–H and O–H groups in total. The van der Waals surface area contributed by atoms with Crippen molar-refractivity contribution < 1.29 is 48.1 Å². The summed E-state index contributed by atoms with van der Waals surface area (Å²) in [5.41, 5.74) is 0. The van der Waals surface area contributed by atoms with Gasteiger partial charge in [0.25, 0.3) is 0 Å². The van der Waals surface area contributed by atoms with Crippen LogP contribution in [-0.4, -0.2) is 11.1 Å². The number of carbonyl (C=O) groups is 1. The molecule has 0 rings (SSSR count). The van der Waals surface area contributed by atoms with Gasteiger partial charge < -0.3 is 5.11 Å². The van der Waals surface area contributed by atoms with Crippen LogP contribution in [0.5, 0.6) is 0 Å². The topological polar surface area (TPSA) is 37.3 Å². The molecular formula is C18H34DyO2. The molecule has 0 unspecified atom stereocenters. The van der Waals surface area contributed by atoms with Gasteiger partial charge in [0.1, 0.15) is 0 Å². The van der Waals surface area contributed by atoms with Crippen molar-refractivity contribution >= 4 is 5.97 Å². The molecule has 0 atom stereocenters. The van der Waals surface area contributed by atoms with Crippen molar-refractivity contribution in [1.82, 2.24) is 0 Å². The maximum absolute atomic E-state index is 10.3. The molecular weight excluding hydrogens is 411 g/mol. The summed E-state index contributed by atoms with van der Waals surface area (Å²) >= 11 is 0. The fourth-order valence-electron chi connectivity index (χ4n) is 2.35. The van der Waals surface area contributed by atoms with Crippen LogP contribution in [0.15, 0.2) is 12.2 Å². The van der Waals surface area contributed by atoms with E-state index in [-0.39, 0.29) is 38.2 Å². The van der Waals surface area contributed by atoms with Gasteiger partial charge in [0.2, 0.25) is 0 Å². The average molecular weight is 445 g/mol. The number of rotatable bonds is 15. The summed E-state index contributed by atoms with van der Waals surface area (Å²) in [6.07, 6.45) is 21.2. The van der Waals surface area contributed by atoms with Crippen molar-refractivity contribution in [3.63, 3.8) is 0 Å². The SMILES string of the molecule is CCCCCCCCC=CCCCCCCCC(=O)O.[Dy]. The normalized spacial score (nSPS) is 10.7. The van der Waals surface area contributed by atoms with Crippen molar-refractivity contribution in [3.8, 4) is 0 Å². The van der Waals surface area contributed by atoms with E-state index in [0.717, 1.165) is 12.8 Å². The van der Waals surface area contributed by atoms with E-state index < -0.39 is 5.97 Å². The molecule has 0 aliphatic carbocycles. The Labute approximate surface area is 162 Å². The second kappa shape index (κ2) is 20.5. The van der Waals surface area contributed by atoms with Crippen molar-refractivity contribution in [2.45, 2.75) is 96.8 Å². The first kappa shape index (κ1) is 23.7. The van der Waals surface area contributed by atoms with Gasteiger partial charge in [-0.15, -0.1) is 0 Å². The third kappa shape index (κ3) is 22.9. The third-order valence-corrected chi connectivity index (χ3v) is 3.65. The van der Waals surface area contributed by atoms with Crippen LogP contribution < -0.4 is 0 Å². The van der Waals surface area contributed by atoms with Crippen molar-refractivity contribution in [2.75, 3.05) is 0 Å². The smallest absolute Gasteiger partial charge is 0.303 e. The van der Waals surface area contributed by atoms with Crippen LogP contribution in [0, 0.1) is 38.2 Å². The molecule has 0 radical (unpaired) electrons. The summed E-state index contributed by atoms with van der Waals surface area (Å²) in [6, 6.07) is 0. The zero-order chi connectivity index (χ0) is 14.9. The Hall–Kier alpha value is 0.483. The van der Waals surface area contributed by atoms with Crippen molar-refractivity contribution in [2.24, 2.45) is 0 Å². The van der Waals surface area contributed by atoms with Gasteiger partial charge in [0, 0.05) is 44.6 Å². The van der Waals surface area contributed by atoms with Crippen molar-refractivity contribution in [3.05, 3.63) is 12.2 Å². The first-order valence-electron chi connectivity index (χ1n) is 8.64. The van der Waals surface area contributed by atoms with Crippen LogP contribution >= 0.6 is 0 Å². The van der Waals surface area contributed by atoms with Gasteiger partial charge in [0.15, 0.2) is 0 Å². The van der Waals surface area contributed by atoms with E-state index in [9.17, 15) is 4.79 Å². The molecule has 0 aromatic heterocycles. The van der Waals surface area contributed by atoms with E-state index in [0.29, 0.717) is 6.42 Å². The van der Waals surface area contributed by atoms with Gasteiger partial charge in [-0.25, -0.2) is 0 Å². The maximum Gasteiger partial charge on any atom is 0.303 e. The molecule has 0 bridgehead atoms. The average Bonchev–Trinajstić information content (AvgIpc) is 2.43. The molecule has 21 heavy (non-hydrogen) atoms. The number of aliphatic carboxylic acids is 1. The quantitative estimate of drug-likeness (QED) is 0.244. The molecule has 0 saturated carbocycles. The standard InChI is InChI=1S/C18H34O2.Dy/c1-2-3-4-5-6-7-8-9-10-11-12-13-14-15-16-17-18(19)20;/h9-10H,2-8,11-17H2,1H3,(H,19,20);. The molecule has 3 heteroatoms. The van der Waals surface area contributed by atoms with Crippen LogP contribution in [0.3, 0.4) is 0 Å². The molecule has 0 aliphatic heterocycles. The number of carboxylic acids is 1. The van der Waals surface area contributed by atoms with Crippen molar-refractivity contribution in [1.29, 1.82) is 0 Å². The second-order valence-electron chi connectivity index (χ2n) is 5.73. The van der Waals surface area contributed by atoms with E-state index in [1.165, 1.54) is 70.6 Å². The zero-order valence-corrected chi connectivity index (χ0v) is 15.8. The van der Waals surface area contributed by atoms with Crippen LogP contribution in [0.2, 0.25) is 0 Å². The third-order valence-electron chi connectivity index (χ3n) is 3.65. The molecule has 0 fully saturated rings. The van der Waals surface area contributed by atoms with Gasteiger partial charge in [-0.3, -0.25) is 4.79 Å². The Kier molecular flexibility index (Phi) is 23.2. The number of allylic oxidation sites excluding steroid dienone is 2. The first-order valence-corrected chi connectivity index (χ1v) is 8.64. The second-order valence-corrected chi connectivity index (χ2v) is 5.73. The summed E-state index contributed by atoms with van der Waals surface area (Å²) in [5.74, 6) is -0.664. The molecule has 0 amide bonds. The molecule has 2 nitrogen and oxygen atoms in total. The number of carboxylic acid groups (broad SMARTS) is 1. The minimum atomic E-state index is -0.664. The monoisotopic (exact) mass is 446 g/mol. The predicted molar refractivity (Wildman–Crippen MR) is 87.1 cm³/mol. The molecule has 0 heterocycles. The van der Waals surface area contributed by atoms with E-state index in [1.807, 2.05) is 0 Å². The van der Waals surface area contributed by atoms with Gasteiger partial charge in [-0.2, -0.15) is 0 Å². The van der Waals surface area contributed by atoms with Gasteiger partial charge in [-0.05, 0) is 32.1 Å². The molecule has 128 valence electrons. The van der Waals surface area contributed by atoms with Gasteiger partial charge >= 0.3 is 5.97 Å². The molecule has 0 saturated heterocycles. The first-order chi connectivity index (χ1) is 9.77. The molecule has 0 aromatic carbocycles. The summed E-state index contributed by atoms with van der Waals surface area (Å²) in [6.45, 7) is 2.26. The number of unbranched alkanes of at least 4 members (excludes halogenated alkanes) is 11. The van der Waals surface area contributed by atoms with E-state index in [2.05, 4.69) is 19.1 Å². The molecule has 0 spiro atoms. The summed E-state index contributed by atoms with van der Waals surface area (Å²) in [7, 11) is 0. The maximum atomic E-state index is 10.3. The zero-order valence-electron chi connectivity index (χ0n) is 13.7. The summed E-state index contributed by atoms with van der Waals surface area (Å²) in [4.78, 5) is 10.3. The number of hydrogen-bond donors (Lipinski definition) is 1. The minimum Gasteiger partial charge on any atom is -0.481 e. The van der Waals surface area contributed by atoms with Crippen LogP contribution in [0.4, 0.5) is 0 Å². The summed E-state index contributed by atoms with van der Waals surface area (Å²) < 4.78 is 0. The van der Waals surface area contributed by atoms with Gasteiger partial charge in [-0.1, -0.05) is 70.4 Å². The Morgan fingerprint density at radius 1 is 0.762 bits per heavy atom. The fraction of sp³-hybridized carbons (Fsp3) is 0.833. The largest absolute Gasteiger partial charge is 0.481 e. The Morgan fingerprint density at radius 2 is 1.19 bits per heavy atom. The van der Waals surface area contributed by atoms with Crippen LogP contribution in [0.1, 0.15) is 96.8 Å². The molecule has 0 aromatic rings. The van der Waals surface area contributed by atoms with Gasteiger partial charge in [0.05, 0.1) is 0 Å². The Morgan fingerprint density at radius 3 is 1.67 bits per heavy atom. The van der Waals surface area contributed by atoms with Crippen LogP contribution in [-0.2, 0) is 4.79 Å². The van der Waals surface area contributed by atoms with E-state index >= 15 is 0 Å². The van der Waals surface area contributed by atoms with E-state index in [4.69, 9.17) is 5.11 Å². The number of hydrogen-bond acceptors (Lipinski definition) is 1. The Balaban J connectivity index is 0. The Bertz CT molecular complexity index is 239. The predicted octanol–water partition coefficient (Wildman–Crippen LogP) is 6.11. The fourth-order valence-corrected chi connectivity index (χ4v) is 2.35. The van der Waals surface area contributed by atoms with Crippen LogP contribution in [0.25, 0.3) is 0 Å². The van der Waals surface area contributed by atoms with E-state index in [1.54, 1.807) is 0 Å². The minimum absolute atomic E-state index is 0. The molecule has 0 aliphatic rings. The summed E-state index contributed by atoms with van der Waals surface area (Å²) in [5, 5.41) is 8.51.